The first kappa shape index (κ1) is 13.8. The zero-order valence-electron chi connectivity index (χ0n) is 11.7. The van der Waals surface area contributed by atoms with Crippen LogP contribution in [-0.2, 0) is 14.3 Å². The maximum Gasteiger partial charge on any atom is 0.305 e. The molecule has 0 spiro atoms. The van der Waals surface area contributed by atoms with Crippen molar-refractivity contribution in [1.29, 1.82) is 0 Å². The molecule has 1 saturated carbocycles. The lowest BCUT2D eigenvalue weighted by molar-refractivity contribution is -0.192. The summed E-state index contributed by atoms with van der Waals surface area (Å²) in [5.74, 6) is 0.537. The van der Waals surface area contributed by atoms with E-state index in [1.165, 1.54) is 20.0 Å². The molecule has 0 aromatic heterocycles. The highest BCUT2D eigenvalue weighted by molar-refractivity contribution is 5.69. The number of hydrogen-bond donors (Lipinski definition) is 1. The van der Waals surface area contributed by atoms with Crippen molar-refractivity contribution in [3.8, 4) is 0 Å². The minimum Gasteiger partial charge on any atom is -0.469 e. The monoisotopic (exact) mass is 255 g/mol. The van der Waals surface area contributed by atoms with Crippen molar-refractivity contribution in [2.45, 2.75) is 51.7 Å². The van der Waals surface area contributed by atoms with Crippen LogP contribution in [0.5, 0.6) is 0 Å². The molecule has 0 amide bonds. The fourth-order valence-corrected chi connectivity index (χ4v) is 3.53. The third-order valence-corrected chi connectivity index (χ3v) is 4.48. The highest BCUT2D eigenvalue weighted by Gasteiger charge is 2.57. The number of fused-ring (bicyclic) bond motifs is 1. The normalized spacial score (nSPS) is 33.4. The second kappa shape index (κ2) is 5.57. The summed E-state index contributed by atoms with van der Waals surface area (Å²) in [6, 6.07) is 0.528. The smallest absolute Gasteiger partial charge is 0.305 e. The molecule has 4 nitrogen and oxygen atoms in total. The number of carbonyl (C=O) groups excluding carboxylic acids is 1. The summed E-state index contributed by atoms with van der Waals surface area (Å²) < 4.78 is 10.5. The van der Waals surface area contributed by atoms with Crippen LogP contribution in [0.15, 0.2) is 0 Å². The third kappa shape index (κ3) is 2.54. The standard InChI is InChI=1S/C14H25NO3/c1-14(2)12(10-6-5-9-18-13(10)14)15-8-4-7-11(16)17-3/h10,12-13,15H,4-9H2,1-3H3. The number of hydrogen-bond acceptors (Lipinski definition) is 4. The van der Waals surface area contributed by atoms with Crippen molar-refractivity contribution < 1.29 is 14.3 Å². The zero-order chi connectivity index (χ0) is 13.2. The molecule has 3 atom stereocenters. The van der Waals surface area contributed by atoms with Gasteiger partial charge in [0.1, 0.15) is 0 Å². The molecular formula is C14H25NO3. The molecular weight excluding hydrogens is 230 g/mol. The first-order valence-corrected chi connectivity index (χ1v) is 6.99. The van der Waals surface area contributed by atoms with Gasteiger partial charge in [-0.05, 0) is 25.8 Å². The van der Waals surface area contributed by atoms with Crippen LogP contribution in [0.1, 0.15) is 39.5 Å². The molecule has 1 saturated heterocycles. The van der Waals surface area contributed by atoms with Gasteiger partial charge in [-0.25, -0.2) is 0 Å². The maximum absolute atomic E-state index is 11.0. The quantitative estimate of drug-likeness (QED) is 0.600. The van der Waals surface area contributed by atoms with E-state index in [9.17, 15) is 4.79 Å². The Kier molecular flexibility index (Phi) is 4.28. The van der Waals surface area contributed by atoms with Crippen LogP contribution in [0.4, 0.5) is 0 Å². The Bertz CT molecular complexity index is 303. The Morgan fingerprint density at radius 1 is 1.50 bits per heavy atom. The van der Waals surface area contributed by atoms with Gasteiger partial charge in [0.05, 0.1) is 13.2 Å². The second-order valence-electron chi connectivity index (χ2n) is 6.03. The Labute approximate surface area is 109 Å². The number of carbonyl (C=O) groups is 1. The molecule has 18 heavy (non-hydrogen) atoms. The minimum absolute atomic E-state index is 0.122. The molecule has 2 aliphatic rings. The molecule has 1 aliphatic carbocycles. The number of rotatable bonds is 5. The zero-order valence-corrected chi connectivity index (χ0v) is 11.7. The van der Waals surface area contributed by atoms with Crippen molar-refractivity contribution in [2.75, 3.05) is 20.3 Å². The second-order valence-corrected chi connectivity index (χ2v) is 6.03. The summed E-state index contributed by atoms with van der Waals surface area (Å²) in [5, 5.41) is 3.60. The van der Waals surface area contributed by atoms with Gasteiger partial charge in [0.25, 0.3) is 0 Å². The molecule has 2 fully saturated rings. The van der Waals surface area contributed by atoms with Gasteiger partial charge in [-0.15, -0.1) is 0 Å². The molecule has 1 aliphatic heterocycles. The van der Waals surface area contributed by atoms with Gasteiger partial charge in [-0.3, -0.25) is 4.79 Å². The van der Waals surface area contributed by atoms with Gasteiger partial charge < -0.3 is 14.8 Å². The Hall–Kier alpha value is -0.610. The summed E-state index contributed by atoms with van der Waals surface area (Å²) >= 11 is 0. The first-order chi connectivity index (χ1) is 8.57. The van der Waals surface area contributed by atoms with Crippen LogP contribution in [0.2, 0.25) is 0 Å². The van der Waals surface area contributed by atoms with Gasteiger partial charge in [0.15, 0.2) is 0 Å². The predicted molar refractivity (Wildman–Crippen MR) is 69.3 cm³/mol. The molecule has 104 valence electrons. The van der Waals surface area contributed by atoms with Gasteiger partial charge in [0, 0.05) is 30.4 Å². The first-order valence-electron chi connectivity index (χ1n) is 6.99. The summed E-state index contributed by atoms with van der Waals surface area (Å²) in [7, 11) is 1.44. The molecule has 0 bridgehead atoms. The van der Waals surface area contributed by atoms with Crippen molar-refractivity contribution in [2.24, 2.45) is 11.3 Å². The number of methoxy groups -OCH3 is 1. The molecule has 0 aromatic carbocycles. The molecule has 0 aromatic rings. The van der Waals surface area contributed by atoms with Crippen LogP contribution in [-0.4, -0.2) is 38.4 Å². The van der Waals surface area contributed by atoms with E-state index >= 15 is 0 Å². The number of esters is 1. The van der Waals surface area contributed by atoms with Crippen molar-refractivity contribution in [3.05, 3.63) is 0 Å². The molecule has 0 radical (unpaired) electrons. The van der Waals surface area contributed by atoms with Crippen molar-refractivity contribution in [1.82, 2.24) is 5.32 Å². The van der Waals surface area contributed by atoms with E-state index in [0.29, 0.717) is 24.5 Å². The van der Waals surface area contributed by atoms with E-state index in [1.54, 1.807) is 0 Å². The lowest BCUT2D eigenvalue weighted by Gasteiger charge is -2.60. The van der Waals surface area contributed by atoms with Crippen LogP contribution in [0.3, 0.4) is 0 Å². The Morgan fingerprint density at radius 2 is 2.28 bits per heavy atom. The van der Waals surface area contributed by atoms with Gasteiger partial charge in [-0.1, -0.05) is 13.8 Å². The van der Waals surface area contributed by atoms with Crippen LogP contribution >= 0.6 is 0 Å². The van der Waals surface area contributed by atoms with E-state index in [1.807, 2.05) is 0 Å². The lowest BCUT2D eigenvalue weighted by atomic mass is 9.55. The van der Waals surface area contributed by atoms with Gasteiger partial charge in [0.2, 0.25) is 0 Å². The SMILES string of the molecule is COC(=O)CCCNC1C2CCCOC2C1(C)C. The number of nitrogens with one attached hydrogen (secondary N) is 1. The van der Waals surface area contributed by atoms with Crippen LogP contribution in [0.25, 0.3) is 0 Å². The molecule has 2 rings (SSSR count). The highest BCUT2D eigenvalue weighted by Crippen LogP contribution is 2.51. The fraction of sp³-hybridized carbons (Fsp3) is 0.929. The fourth-order valence-electron chi connectivity index (χ4n) is 3.53. The summed E-state index contributed by atoms with van der Waals surface area (Å²) in [5.41, 5.74) is 0.219. The highest BCUT2D eigenvalue weighted by atomic mass is 16.5. The average molecular weight is 255 g/mol. The van der Waals surface area contributed by atoms with E-state index in [0.717, 1.165) is 19.6 Å². The molecule has 3 unspecified atom stereocenters. The Morgan fingerprint density at radius 3 is 3.00 bits per heavy atom. The largest absolute Gasteiger partial charge is 0.469 e. The molecule has 1 heterocycles. The maximum atomic E-state index is 11.0. The summed E-state index contributed by atoms with van der Waals surface area (Å²) in [6.45, 7) is 6.35. The van der Waals surface area contributed by atoms with E-state index in [-0.39, 0.29) is 11.4 Å². The topological polar surface area (TPSA) is 47.6 Å². The van der Waals surface area contributed by atoms with E-state index in [2.05, 4.69) is 23.9 Å². The average Bonchev–Trinajstić information content (AvgIpc) is 2.38. The predicted octanol–water partition coefficient (Wildman–Crippen LogP) is 1.73. The van der Waals surface area contributed by atoms with E-state index < -0.39 is 0 Å². The summed E-state index contributed by atoms with van der Waals surface area (Å²) in [6.07, 6.45) is 4.21. The number of ether oxygens (including phenoxy) is 2. The Balaban J connectivity index is 1.74. The summed E-state index contributed by atoms with van der Waals surface area (Å²) in [4.78, 5) is 11.0. The van der Waals surface area contributed by atoms with Gasteiger partial charge in [-0.2, -0.15) is 0 Å². The van der Waals surface area contributed by atoms with Crippen LogP contribution in [0, 0.1) is 11.3 Å². The minimum atomic E-state index is -0.122. The molecule has 1 N–H and O–H groups in total. The van der Waals surface area contributed by atoms with Crippen molar-refractivity contribution >= 4 is 5.97 Å². The van der Waals surface area contributed by atoms with Crippen molar-refractivity contribution in [3.63, 3.8) is 0 Å². The molecule has 4 heteroatoms. The van der Waals surface area contributed by atoms with E-state index in [4.69, 9.17) is 4.74 Å². The van der Waals surface area contributed by atoms with Crippen LogP contribution < -0.4 is 5.32 Å². The third-order valence-electron chi connectivity index (χ3n) is 4.48. The lowest BCUT2D eigenvalue weighted by Crippen LogP contribution is -2.69. The van der Waals surface area contributed by atoms with Gasteiger partial charge >= 0.3 is 5.97 Å².